The highest BCUT2D eigenvalue weighted by Gasteiger charge is 2.50. The van der Waals surface area contributed by atoms with Crippen LogP contribution in [0.4, 0.5) is 0 Å². The molecule has 0 spiro atoms. The second kappa shape index (κ2) is 5.87. The van der Waals surface area contributed by atoms with E-state index >= 15 is 0 Å². The molecule has 3 aliphatic rings. The Bertz CT molecular complexity index is 625. The van der Waals surface area contributed by atoms with Gasteiger partial charge >= 0.3 is 5.97 Å². The number of carboxylic acid groups (broad SMARTS) is 1. The van der Waals surface area contributed by atoms with Crippen molar-refractivity contribution in [2.45, 2.75) is 44.2 Å². The van der Waals surface area contributed by atoms with Crippen molar-refractivity contribution in [2.24, 2.45) is 11.8 Å². The Balaban J connectivity index is 1.55. The highest BCUT2D eigenvalue weighted by Crippen LogP contribution is 2.43. The van der Waals surface area contributed by atoms with Crippen LogP contribution in [0, 0.1) is 11.8 Å². The first-order valence-corrected chi connectivity index (χ1v) is 9.14. The number of fused-ring (bicyclic) bond motifs is 1. The molecule has 3 fully saturated rings. The van der Waals surface area contributed by atoms with Gasteiger partial charge in [0.25, 0.3) is 5.91 Å². The molecule has 2 saturated heterocycles. The van der Waals surface area contributed by atoms with E-state index < -0.39 is 12.0 Å². The number of carbonyl (C=O) groups excluding carboxylic acids is 1. The minimum atomic E-state index is -0.887. The van der Waals surface area contributed by atoms with E-state index in [1.54, 1.807) is 5.38 Å². The van der Waals surface area contributed by atoms with Crippen molar-refractivity contribution in [3.8, 4) is 0 Å². The standard InChI is InChI=1S/C16H20N2O4S/c19-15(11-8-23-14(17-11)12-5-2-6-22-12)18-7-9-3-1-4-10(9)13(18)16(20)21/h8-10,12-13H,1-7H2,(H,20,21)/t9-,10-,12+,13+/m1/s1. The van der Waals surface area contributed by atoms with Crippen molar-refractivity contribution < 1.29 is 19.4 Å². The molecule has 7 heteroatoms. The summed E-state index contributed by atoms with van der Waals surface area (Å²) in [5.41, 5.74) is 0.367. The zero-order valence-corrected chi connectivity index (χ0v) is 13.6. The van der Waals surface area contributed by atoms with E-state index in [1.807, 2.05) is 0 Å². The van der Waals surface area contributed by atoms with Crippen molar-refractivity contribution in [3.05, 3.63) is 16.1 Å². The van der Waals surface area contributed by atoms with Gasteiger partial charge in [0.2, 0.25) is 0 Å². The lowest BCUT2D eigenvalue weighted by molar-refractivity contribution is -0.142. The number of hydrogen-bond donors (Lipinski definition) is 1. The quantitative estimate of drug-likeness (QED) is 0.916. The van der Waals surface area contributed by atoms with Crippen molar-refractivity contribution >= 4 is 23.2 Å². The van der Waals surface area contributed by atoms with Gasteiger partial charge < -0.3 is 14.7 Å². The minimum Gasteiger partial charge on any atom is -0.480 e. The second-order valence-corrected chi connectivity index (χ2v) is 7.56. The molecular weight excluding hydrogens is 316 g/mol. The number of thiazole rings is 1. The molecule has 4 atom stereocenters. The van der Waals surface area contributed by atoms with Crippen LogP contribution in [-0.4, -0.2) is 46.1 Å². The molecule has 1 amide bonds. The third-order valence-electron chi connectivity index (χ3n) is 5.35. The molecule has 1 aromatic rings. The molecule has 4 rings (SSSR count). The van der Waals surface area contributed by atoms with Gasteiger partial charge in [-0.1, -0.05) is 6.42 Å². The Morgan fingerprint density at radius 2 is 2.17 bits per heavy atom. The van der Waals surface area contributed by atoms with Gasteiger partial charge in [-0.25, -0.2) is 9.78 Å². The fourth-order valence-corrected chi connectivity index (χ4v) is 5.16. The van der Waals surface area contributed by atoms with Crippen LogP contribution < -0.4 is 0 Å². The first-order chi connectivity index (χ1) is 11.1. The van der Waals surface area contributed by atoms with Crippen LogP contribution in [0.2, 0.25) is 0 Å². The third kappa shape index (κ3) is 2.55. The molecule has 2 aliphatic heterocycles. The van der Waals surface area contributed by atoms with Gasteiger partial charge in [0.1, 0.15) is 22.8 Å². The summed E-state index contributed by atoms with van der Waals surface area (Å²) in [6.45, 7) is 1.29. The maximum absolute atomic E-state index is 12.8. The van der Waals surface area contributed by atoms with E-state index in [1.165, 1.54) is 16.2 Å². The van der Waals surface area contributed by atoms with E-state index in [9.17, 15) is 14.7 Å². The number of likely N-dealkylation sites (tertiary alicyclic amines) is 1. The van der Waals surface area contributed by atoms with Crippen molar-refractivity contribution in [1.29, 1.82) is 0 Å². The average molecular weight is 336 g/mol. The van der Waals surface area contributed by atoms with E-state index in [2.05, 4.69) is 4.98 Å². The van der Waals surface area contributed by atoms with Crippen molar-refractivity contribution in [1.82, 2.24) is 9.88 Å². The molecule has 0 aromatic carbocycles. The first kappa shape index (κ1) is 15.1. The molecular formula is C16H20N2O4S. The Hall–Kier alpha value is -1.47. The molecule has 1 N–H and O–H groups in total. The number of aromatic nitrogens is 1. The van der Waals surface area contributed by atoms with E-state index in [0.29, 0.717) is 18.2 Å². The van der Waals surface area contributed by atoms with Crippen LogP contribution in [0.1, 0.15) is 53.7 Å². The van der Waals surface area contributed by atoms with E-state index in [4.69, 9.17) is 4.74 Å². The van der Waals surface area contributed by atoms with E-state index in [0.717, 1.165) is 43.7 Å². The summed E-state index contributed by atoms with van der Waals surface area (Å²) >= 11 is 1.43. The Morgan fingerprint density at radius 1 is 1.30 bits per heavy atom. The van der Waals surface area contributed by atoms with Gasteiger partial charge in [-0.3, -0.25) is 4.79 Å². The Kier molecular flexibility index (Phi) is 3.85. The van der Waals surface area contributed by atoms with Crippen LogP contribution in [0.3, 0.4) is 0 Å². The third-order valence-corrected chi connectivity index (χ3v) is 6.29. The summed E-state index contributed by atoms with van der Waals surface area (Å²) in [6, 6.07) is -0.692. The molecule has 23 heavy (non-hydrogen) atoms. The summed E-state index contributed by atoms with van der Waals surface area (Å²) in [5.74, 6) is -0.696. The molecule has 124 valence electrons. The molecule has 0 bridgehead atoms. The van der Waals surface area contributed by atoms with Crippen LogP contribution in [0.25, 0.3) is 0 Å². The number of ether oxygens (including phenoxy) is 1. The van der Waals surface area contributed by atoms with Crippen LogP contribution >= 0.6 is 11.3 Å². The number of rotatable bonds is 3. The van der Waals surface area contributed by atoms with Crippen molar-refractivity contribution in [2.75, 3.05) is 13.2 Å². The lowest BCUT2D eigenvalue weighted by atomic mass is 9.94. The second-order valence-electron chi connectivity index (χ2n) is 6.67. The Labute approximate surface area is 138 Å². The zero-order valence-electron chi connectivity index (χ0n) is 12.8. The largest absolute Gasteiger partial charge is 0.480 e. The van der Waals surface area contributed by atoms with Crippen molar-refractivity contribution in [3.63, 3.8) is 0 Å². The number of nitrogens with zero attached hydrogens (tertiary/aromatic N) is 2. The topological polar surface area (TPSA) is 79.7 Å². The first-order valence-electron chi connectivity index (χ1n) is 8.26. The van der Waals surface area contributed by atoms with Gasteiger partial charge in [0.05, 0.1) is 0 Å². The minimum absolute atomic E-state index is 0.00483. The van der Waals surface area contributed by atoms with Crippen LogP contribution in [-0.2, 0) is 9.53 Å². The maximum atomic E-state index is 12.8. The summed E-state index contributed by atoms with van der Waals surface area (Å²) in [6.07, 6.45) is 4.95. The highest BCUT2D eigenvalue weighted by molar-refractivity contribution is 7.09. The molecule has 1 saturated carbocycles. The molecule has 0 unspecified atom stereocenters. The normalized spacial score (nSPS) is 33.1. The summed E-state index contributed by atoms with van der Waals surface area (Å²) < 4.78 is 5.61. The summed E-state index contributed by atoms with van der Waals surface area (Å²) in [7, 11) is 0. The smallest absolute Gasteiger partial charge is 0.326 e. The zero-order chi connectivity index (χ0) is 16.0. The molecule has 0 radical (unpaired) electrons. The molecule has 1 aromatic heterocycles. The fraction of sp³-hybridized carbons (Fsp3) is 0.688. The number of amides is 1. The van der Waals surface area contributed by atoms with Crippen LogP contribution in [0.15, 0.2) is 5.38 Å². The van der Waals surface area contributed by atoms with Crippen LogP contribution in [0.5, 0.6) is 0 Å². The van der Waals surface area contributed by atoms with E-state index in [-0.39, 0.29) is 17.9 Å². The average Bonchev–Trinajstić information content (AvgIpc) is 3.26. The summed E-state index contributed by atoms with van der Waals surface area (Å²) in [4.78, 5) is 30.4. The lowest BCUT2D eigenvalue weighted by Crippen LogP contribution is -2.43. The molecule has 1 aliphatic carbocycles. The number of carboxylic acids is 1. The highest BCUT2D eigenvalue weighted by atomic mass is 32.1. The van der Waals surface area contributed by atoms with Gasteiger partial charge in [-0.05, 0) is 37.5 Å². The molecule has 6 nitrogen and oxygen atoms in total. The predicted molar refractivity (Wildman–Crippen MR) is 83.3 cm³/mol. The lowest BCUT2D eigenvalue weighted by Gasteiger charge is -2.23. The van der Waals surface area contributed by atoms with Gasteiger partial charge in [0, 0.05) is 18.5 Å². The van der Waals surface area contributed by atoms with Gasteiger partial charge in [-0.15, -0.1) is 11.3 Å². The predicted octanol–water partition coefficient (Wildman–Crippen LogP) is 2.32. The number of hydrogen-bond acceptors (Lipinski definition) is 5. The summed E-state index contributed by atoms with van der Waals surface area (Å²) in [5, 5.41) is 12.1. The number of aliphatic carboxylic acids is 1. The fourth-order valence-electron chi connectivity index (χ4n) is 4.28. The van der Waals surface area contributed by atoms with Gasteiger partial charge in [-0.2, -0.15) is 0 Å². The Morgan fingerprint density at radius 3 is 2.91 bits per heavy atom. The number of carbonyl (C=O) groups is 2. The molecule has 3 heterocycles. The maximum Gasteiger partial charge on any atom is 0.326 e. The SMILES string of the molecule is O=C(O)[C@@H]1[C@@H]2CCC[C@@H]2CN1C(=O)c1csc([C@@H]2CCCO2)n1. The monoisotopic (exact) mass is 336 g/mol. The van der Waals surface area contributed by atoms with Gasteiger partial charge in [0.15, 0.2) is 0 Å².